The van der Waals surface area contributed by atoms with Crippen molar-refractivity contribution in [1.82, 2.24) is 4.90 Å². The van der Waals surface area contributed by atoms with E-state index in [0.29, 0.717) is 5.69 Å². The number of carbonyl (C=O) groups excluding carboxylic acids is 1. The van der Waals surface area contributed by atoms with Crippen molar-refractivity contribution >= 4 is 17.3 Å². The Bertz CT molecular complexity index is 504. The summed E-state index contributed by atoms with van der Waals surface area (Å²) in [5.41, 5.74) is 8.20. The summed E-state index contributed by atoms with van der Waals surface area (Å²) in [5.74, 6) is 0.255. The maximum absolute atomic E-state index is 12.4. The van der Waals surface area contributed by atoms with Crippen LogP contribution in [0, 0.1) is 12.8 Å². The van der Waals surface area contributed by atoms with E-state index in [2.05, 4.69) is 10.2 Å². The quantitative estimate of drug-likeness (QED) is 0.736. The topological polar surface area (TPSA) is 78.6 Å². The molecule has 5 heteroatoms. The predicted molar refractivity (Wildman–Crippen MR) is 85.1 cm³/mol. The molecular formula is C16H25N3O2. The minimum absolute atomic E-state index is 0.0257. The lowest BCUT2D eigenvalue weighted by Crippen LogP contribution is -2.47. The molecular weight excluding hydrogens is 266 g/mol. The summed E-state index contributed by atoms with van der Waals surface area (Å²) < 4.78 is 0. The molecule has 0 radical (unpaired) electrons. The van der Waals surface area contributed by atoms with Gasteiger partial charge in [-0.15, -0.1) is 0 Å². The zero-order chi connectivity index (χ0) is 15.4. The van der Waals surface area contributed by atoms with Gasteiger partial charge in [0.1, 0.15) is 0 Å². The zero-order valence-electron chi connectivity index (χ0n) is 12.8. The molecule has 21 heavy (non-hydrogen) atoms. The minimum Gasteiger partial charge on any atom is -0.398 e. The van der Waals surface area contributed by atoms with Gasteiger partial charge in [0.2, 0.25) is 5.91 Å². The van der Waals surface area contributed by atoms with Crippen molar-refractivity contribution in [3.8, 4) is 0 Å². The molecule has 0 aromatic heterocycles. The Balaban J connectivity index is 2.00. The summed E-state index contributed by atoms with van der Waals surface area (Å²) in [6, 6.07) is 5.32. The van der Waals surface area contributed by atoms with Gasteiger partial charge in [-0.2, -0.15) is 0 Å². The number of carbonyl (C=O) groups is 1. The van der Waals surface area contributed by atoms with E-state index in [1.54, 1.807) is 0 Å². The fourth-order valence-electron chi connectivity index (χ4n) is 2.79. The molecule has 1 aliphatic heterocycles. The lowest BCUT2D eigenvalue weighted by atomic mass is 9.97. The molecule has 0 spiro atoms. The number of nitrogens with one attached hydrogen (secondary N) is 1. The highest BCUT2D eigenvalue weighted by Gasteiger charge is 2.27. The number of amides is 1. The molecule has 0 saturated carbocycles. The first-order valence-electron chi connectivity index (χ1n) is 7.53. The van der Waals surface area contributed by atoms with Crippen LogP contribution in [0.3, 0.4) is 0 Å². The smallest absolute Gasteiger partial charge is 0.241 e. The number of nitrogens with two attached hydrogens (primary N) is 1. The van der Waals surface area contributed by atoms with Crippen molar-refractivity contribution < 1.29 is 9.90 Å². The SMILES string of the molecule is Cc1c(N)cccc1NC(=O)C(C)N1CCCC(CO)C1. The largest absolute Gasteiger partial charge is 0.398 e. The van der Waals surface area contributed by atoms with Crippen LogP contribution < -0.4 is 11.1 Å². The fourth-order valence-corrected chi connectivity index (χ4v) is 2.79. The molecule has 0 aliphatic carbocycles. The van der Waals surface area contributed by atoms with Gasteiger partial charge in [0, 0.05) is 24.5 Å². The van der Waals surface area contributed by atoms with E-state index in [4.69, 9.17) is 5.73 Å². The Morgan fingerprint density at radius 1 is 1.57 bits per heavy atom. The van der Waals surface area contributed by atoms with Crippen LogP contribution >= 0.6 is 0 Å². The number of nitrogens with zero attached hydrogens (tertiary/aromatic N) is 1. The summed E-state index contributed by atoms with van der Waals surface area (Å²) in [5, 5.41) is 12.2. The average molecular weight is 291 g/mol. The summed E-state index contributed by atoms with van der Waals surface area (Å²) in [6.45, 7) is 5.69. The third-order valence-corrected chi connectivity index (χ3v) is 4.37. The lowest BCUT2D eigenvalue weighted by Gasteiger charge is -2.35. The highest BCUT2D eigenvalue weighted by Crippen LogP contribution is 2.22. The van der Waals surface area contributed by atoms with Crippen molar-refractivity contribution in [2.45, 2.75) is 32.7 Å². The first-order chi connectivity index (χ1) is 10.0. The number of hydrogen-bond acceptors (Lipinski definition) is 4. The van der Waals surface area contributed by atoms with Gasteiger partial charge in [-0.1, -0.05) is 6.07 Å². The Kier molecular flexibility index (Phi) is 5.20. The first-order valence-corrected chi connectivity index (χ1v) is 7.53. The van der Waals surface area contributed by atoms with Gasteiger partial charge in [0.15, 0.2) is 0 Å². The van der Waals surface area contributed by atoms with E-state index in [-0.39, 0.29) is 24.5 Å². The Hall–Kier alpha value is -1.59. The standard InChI is InChI=1S/C16H25N3O2/c1-11-14(17)6-3-7-15(11)18-16(21)12(2)19-8-4-5-13(9-19)10-20/h3,6-7,12-13,20H,4-5,8-10,17H2,1-2H3,(H,18,21). The summed E-state index contributed by atoms with van der Waals surface area (Å²) in [6.07, 6.45) is 2.07. The number of likely N-dealkylation sites (tertiary alicyclic amines) is 1. The lowest BCUT2D eigenvalue weighted by molar-refractivity contribution is -0.121. The second-order valence-corrected chi connectivity index (χ2v) is 5.87. The molecule has 1 amide bonds. The molecule has 116 valence electrons. The molecule has 4 N–H and O–H groups in total. The molecule has 1 aromatic carbocycles. The van der Waals surface area contributed by atoms with Crippen molar-refractivity contribution in [3.63, 3.8) is 0 Å². The van der Waals surface area contributed by atoms with E-state index in [1.165, 1.54) is 0 Å². The first kappa shape index (κ1) is 15.8. The monoisotopic (exact) mass is 291 g/mol. The highest BCUT2D eigenvalue weighted by molar-refractivity contribution is 5.95. The third kappa shape index (κ3) is 3.74. The van der Waals surface area contributed by atoms with Crippen LogP contribution in [0.5, 0.6) is 0 Å². The normalized spacial score (nSPS) is 21.0. The number of hydrogen-bond donors (Lipinski definition) is 3. The molecule has 2 unspecified atom stereocenters. The average Bonchev–Trinajstić information content (AvgIpc) is 2.51. The molecule has 1 aliphatic rings. The van der Waals surface area contributed by atoms with Gasteiger partial charge in [0.05, 0.1) is 6.04 Å². The van der Waals surface area contributed by atoms with Crippen LogP contribution in [-0.2, 0) is 4.79 Å². The van der Waals surface area contributed by atoms with Gasteiger partial charge >= 0.3 is 0 Å². The van der Waals surface area contributed by atoms with Crippen LogP contribution in [-0.4, -0.2) is 41.7 Å². The zero-order valence-corrected chi connectivity index (χ0v) is 12.8. The molecule has 1 aromatic rings. The molecule has 2 rings (SSSR count). The molecule has 1 saturated heterocycles. The molecule has 5 nitrogen and oxygen atoms in total. The second-order valence-electron chi connectivity index (χ2n) is 5.87. The van der Waals surface area contributed by atoms with Gasteiger partial charge in [0.25, 0.3) is 0 Å². The number of nitrogen functional groups attached to an aromatic ring is 1. The van der Waals surface area contributed by atoms with Gasteiger partial charge < -0.3 is 16.2 Å². The Morgan fingerprint density at radius 2 is 2.33 bits per heavy atom. The molecule has 0 bridgehead atoms. The molecule has 1 fully saturated rings. The molecule has 2 atom stereocenters. The van der Waals surface area contributed by atoms with E-state index in [9.17, 15) is 9.90 Å². The maximum Gasteiger partial charge on any atom is 0.241 e. The summed E-state index contributed by atoms with van der Waals surface area (Å²) in [4.78, 5) is 14.6. The van der Waals surface area contributed by atoms with Crippen LogP contribution in [0.2, 0.25) is 0 Å². The number of piperidine rings is 1. The van der Waals surface area contributed by atoms with E-state index in [0.717, 1.165) is 37.2 Å². The van der Waals surface area contributed by atoms with Crippen LogP contribution in [0.15, 0.2) is 18.2 Å². The van der Waals surface area contributed by atoms with E-state index < -0.39 is 0 Å². The van der Waals surface area contributed by atoms with Gasteiger partial charge in [-0.25, -0.2) is 0 Å². The van der Waals surface area contributed by atoms with Gasteiger partial charge in [-0.05, 0) is 56.8 Å². The van der Waals surface area contributed by atoms with Crippen LogP contribution in [0.1, 0.15) is 25.3 Å². The number of rotatable bonds is 4. The van der Waals surface area contributed by atoms with Crippen molar-refractivity contribution in [3.05, 3.63) is 23.8 Å². The maximum atomic E-state index is 12.4. The van der Waals surface area contributed by atoms with Crippen LogP contribution in [0.25, 0.3) is 0 Å². The summed E-state index contributed by atoms with van der Waals surface area (Å²) in [7, 11) is 0. The predicted octanol–water partition coefficient (Wildman–Crippen LogP) is 1.61. The highest BCUT2D eigenvalue weighted by atomic mass is 16.3. The van der Waals surface area contributed by atoms with Crippen LogP contribution in [0.4, 0.5) is 11.4 Å². The third-order valence-electron chi connectivity index (χ3n) is 4.37. The van der Waals surface area contributed by atoms with Crippen molar-refractivity contribution in [1.29, 1.82) is 0 Å². The molecule has 1 heterocycles. The Labute approximate surface area is 126 Å². The fraction of sp³-hybridized carbons (Fsp3) is 0.562. The van der Waals surface area contributed by atoms with Crippen molar-refractivity contribution in [2.24, 2.45) is 5.92 Å². The van der Waals surface area contributed by atoms with E-state index in [1.807, 2.05) is 32.0 Å². The van der Waals surface area contributed by atoms with E-state index >= 15 is 0 Å². The summed E-state index contributed by atoms with van der Waals surface area (Å²) >= 11 is 0. The second kappa shape index (κ2) is 6.91. The Morgan fingerprint density at radius 3 is 3.05 bits per heavy atom. The van der Waals surface area contributed by atoms with Gasteiger partial charge in [-0.3, -0.25) is 9.69 Å². The van der Waals surface area contributed by atoms with Crippen molar-refractivity contribution in [2.75, 3.05) is 30.7 Å². The number of aliphatic hydroxyl groups is 1. The number of aliphatic hydroxyl groups excluding tert-OH is 1. The minimum atomic E-state index is -0.208. The number of anilines is 2. The number of benzene rings is 1.